The quantitative estimate of drug-likeness (QED) is 0.674. The van der Waals surface area contributed by atoms with E-state index in [0.29, 0.717) is 0 Å². The molecular weight excluding hydrogens is 148 g/mol. The van der Waals surface area contributed by atoms with Crippen LogP contribution in [0.3, 0.4) is 0 Å². The second-order valence-electron chi connectivity index (χ2n) is 2.32. The Morgan fingerprint density at radius 2 is 2.17 bits per heavy atom. The molecule has 2 heteroatoms. The first-order valence-corrected chi connectivity index (χ1v) is 3.77. The van der Waals surface area contributed by atoms with Crippen LogP contribution in [0, 0.1) is 0 Å². The van der Waals surface area contributed by atoms with Gasteiger partial charge in [-0.25, -0.2) is 0 Å². The molecule has 1 aromatic carbocycles. The van der Waals surface area contributed by atoms with Gasteiger partial charge in [-0.1, -0.05) is 24.8 Å². The Bertz CT molecular complexity index is 290. The Labute approximate surface area is 72.6 Å². The molecule has 0 fully saturated rings. The van der Waals surface area contributed by atoms with Crippen molar-refractivity contribution in [1.29, 1.82) is 0 Å². The molecule has 2 nitrogen and oxygen atoms in total. The van der Waals surface area contributed by atoms with E-state index >= 15 is 0 Å². The number of para-hydroxylation sites is 1. The third-order valence-corrected chi connectivity index (χ3v) is 1.49. The molecule has 62 valence electrons. The van der Waals surface area contributed by atoms with Crippen molar-refractivity contribution in [3.63, 3.8) is 0 Å². The van der Waals surface area contributed by atoms with Crippen molar-refractivity contribution < 1.29 is 0 Å². The smallest absolute Gasteiger partial charge is 0.0468 e. The highest BCUT2D eigenvalue weighted by Gasteiger charge is 1.93. The summed E-state index contributed by atoms with van der Waals surface area (Å²) < 4.78 is 0. The molecule has 0 aliphatic rings. The van der Waals surface area contributed by atoms with Gasteiger partial charge in [-0.05, 0) is 12.3 Å². The van der Waals surface area contributed by atoms with Crippen LogP contribution in [0.5, 0.6) is 0 Å². The van der Waals surface area contributed by atoms with Gasteiger partial charge in [-0.15, -0.1) is 0 Å². The van der Waals surface area contributed by atoms with E-state index in [1.165, 1.54) is 0 Å². The van der Waals surface area contributed by atoms with E-state index < -0.39 is 0 Å². The van der Waals surface area contributed by atoms with Gasteiger partial charge < -0.3 is 5.32 Å². The number of hydrogen-bond donors (Lipinski definition) is 1. The average molecular weight is 160 g/mol. The summed E-state index contributed by atoms with van der Waals surface area (Å²) in [5, 5.41) is 3.03. The first kappa shape index (κ1) is 8.53. The summed E-state index contributed by atoms with van der Waals surface area (Å²) in [7, 11) is 1.75. The van der Waals surface area contributed by atoms with Gasteiger partial charge in [0.1, 0.15) is 0 Å². The van der Waals surface area contributed by atoms with Crippen LogP contribution in [-0.4, -0.2) is 13.3 Å². The molecule has 0 aliphatic heterocycles. The van der Waals surface area contributed by atoms with E-state index in [1.54, 1.807) is 13.2 Å². The highest BCUT2D eigenvalue weighted by molar-refractivity contribution is 5.87. The number of nitrogens with zero attached hydrogens (tertiary/aromatic N) is 1. The van der Waals surface area contributed by atoms with Crippen molar-refractivity contribution in [2.45, 2.75) is 0 Å². The lowest BCUT2D eigenvalue weighted by Gasteiger charge is -2.03. The topological polar surface area (TPSA) is 24.4 Å². The Morgan fingerprint density at radius 1 is 1.42 bits per heavy atom. The van der Waals surface area contributed by atoms with Crippen molar-refractivity contribution in [2.24, 2.45) is 4.99 Å². The number of rotatable bonds is 3. The van der Waals surface area contributed by atoms with Crippen LogP contribution in [0.4, 0.5) is 5.69 Å². The fourth-order valence-corrected chi connectivity index (χ4v) is 0.990. The first-order valence-electron chi connectivity index (χ1n) is 3.77. The molecule has 12 heavy (non-hydrogen) atoms. The third-order valence-electron chi connectivity index (χ3n) is 1.49. The fourth-order valence-electron chi connectivity index (χ4n) is 0.990. The van der Waals surface area contributed by atoms with E-state index in [-0.39, 0.29) is 0 Å². The second-order valence-corrected chi connectivity index (χ2v) is 2.32. The number of nitrogens with one attached hydrogen (secondary N) is 1. The van der Waals surface area contributed by atoms with Gasteiger partial charge in [0.05, 0.1) is 0 Å². The van der Waals surface area contributed by atoms with Crippen molar-refractivity contribution >= 4 is 11.9 Å². The maximum atomic E-state index is 3.95. The van der Waals surface area contributed by atoms with Crippen LogP contribution < -0.4 is 5.32 Å². The molecule has 0 atom stereocenters. The predicted molar refractivity (Wildman–Crippen MR) is 53.8 cm³/mol. The Hall–Kier alpha value is -1.57. The molecule has 0 heterocycles. The monoisotopic (exact) mass is 160 g/mol. The molecule has 1 rings (SSSR count). The first-order chi connectivity index (χ1) is 5.88. The molecule has 0 saturated heterocycles. The van der Waals surface area contributed by atoms with Crippen LogP contribution in [0.15, 0.2) is 42.0 Å². The lowest BCUT2D eigenvalue weighted by molar-refractivity contribution is 1.46. The number of anilines is 1. The minimum absolute atomic E-state index is 1.03. The van der Waals surface area contributed by atoms with Crippen LogP contribution in [0.25, 0.3) is 0 Å². The minimum Gasteiger partial charge on any atom is -0.362 e. The minimum atomic E-state index is 1.03. The maximum Gasteiger partial charge on any atom is 0.0468 e. The predicted octanol–water partition coefficient (Wildman–Crippen LogP) is 2.29. The Kier molecular flexibility index (Phi) is 3.08. The second kappa shape index (κ2) is 4.34. The zero-order chi connectivity index (χ0) is 8.81. The van der Waals surface area contributed by atoms with Gasteiger partial charge in [0, 0.05) is 24.5 Å². The Balaban J connectivity index is 2.99. The summed E-state index contributed by atoms with van der Waals surface area (Å²) in [5.41, 5.74) is 2.10. The third kappa shape index (κ3) is 1.95. The lowest BCUT2D eigenvalue weighted by atomic mass is 10.2. The van der Waals surface area contributed by atoms with Gasteiger partial charge in [0.25, 0.3) is 0 Å². The lowest BCUT2D eigenvalue weighted by Crippen LogP contribution is -1.92. The zero-order valence-corrected chi connectivity index (χ0v) is 7.12. The summed E-state index contributed by atoms with van der Waals surface area (Å²) in [6.45, 7) is 3.60. The molecule has 0 spiro atoms. The summed E-state index contributed by atoms with van der Waals surface area (Å²) in [6, 6.07) is 7.93. The normalized spacial score (nSPS) is 10.1. The van der Waals surface area contributed by atoms with Crippen LogP contribution in [0.2, 0.25) is 0 Å². The van der Waals surface area contributed by atoms with Crippen molar-refractivity contribution in [2.75, 3.05) is 12.4 Å². The molecule has 0 aromatic heterocycles. The van der Waals surface area contributed by atoms with Crippen LogP contribution >= 0.6 is 0 Å². The SMILES string of the molecule is C=CNc1ccccc1/C=N\C. The van der Waals surface area contributed by atoms with Crippen LogP contribution in [-0.2, 0) is 0 Å². The summed E-state index contributed by atoms with van der Waals surface area (Å²) in [4.78, 5) is 3.95. The number of hydrogen-bond acceptors (Lipinski definition) is 2. The molecule has 0 saturated carbocycles. The van der Waals surface area contributed by atoms with E-state index in [2.05, 4.69) is 16.9 Å². The van der Waals surface area contributed by atoms with Crippen molar-refractivity contribution in [3.05, 3.63) is 42.6 Å². The Morgan fingerprint density at radius 3 is 2.83 bits per heavy atom. The molecule has 0 bridgehead atoms. The van der Waals surface area contributed by atoms with E-state index in [1.807, 2.05) is 30.5 Å². The van der Waals surface area contributed by atoms with E-state index in [9.17, 15) is 0 Å². The molecule has 0 radical (unpaired) electrons. The zero-order valence-electron chi connectivity index (χ0n) is 7.12. The molecular formula is C10H12N2. The van der Waals surface area contributed by atoms with Crippen molar-refractivity contribution in [3.8, 4) is 0 Å². The van der Waals surface area contributed by atoms with Gasteiger partial charge in [0.15, 0.2) is 0 Å². The standard InChI is InChI=1S/C10H12N2/c1-3-12-10-7-5-4-6-9(10)8-11-2/h3-8,12H,1H2,2H3/b11-8-. The van der Waals surface area contributed by atoms with Gasteiger partial charge >= 0.3 is 0 Å². The average Bonchev–Trinajstić information content (AvgIpc) is 2.09. The highest BCUT2D eigenvalue weighted by Crippen LogP contribution is 2.11. The fraction of sp³-hybridized carbons (Fsp3) is 0.100. The summed E-state index contributed by atoms with van der Waals surface area (Å²) >= 11 is 0. The molecule has 0 aliphatic carbocycles. The van der Waals surface area contributed by atoms with E-state index in [0.717, 1.165) is 11.3 Å². The summed E-state index contributed by atoms with van der Waals surface area (Å²) in [6.07, 6.45) is 3.47. The van der Waals surface area contributed by atoms with Crippen LogP contribution in [0.1, 0.15) is 5.56 Å². The maximum absolute atomic E-state index is 3.95. The van der Waals surface area contributed by atoms with Gasteiger partial charge in [-0.2, -0.15) is 0 Å². The number of aliphatic imine (C=N–C) groups is 1. The molecule has 0 unspecified atom stereocenters. The molecule has 1 N–H and O–H groups in total. The van der Waals surface area contributed by atoms with Gasteiger partial charge in [-0.3, -0.25) is 4.99 Å². The largest absolute Gasteiger partial charge is 0.362 e. The summed E-state index contributed by atoms with van der Waals surface area (Å²) in [5.74, 6) is 0. The number of benzene rings is 1. The van der Waals surface area contributed by atoms with Gasteiger partial charge in [0.2, 0.25) is 0 Å². The van der Waals surface area contributed by atoms with E-state index in [4.69, 9.17) is 0 Å². The molecule has 0 amide bonds. The molecule has 1 aromatic rings. The van der Waals surface area contributed by atoms with Crippen molar-refractivity contribution in [1.82, 2.24) is 0 Å². The highest BCUT2D eigenvalue weighted by atomic mass is 14.8.